The Morgan fingerprint density at radius 1 is 1.23 bits per heavy atom. The van der Waals surface area contributed by atoms with Gasteiger partial charge in [0.25, 0.3) is 5.91 Å². The van der Waals surface area contributed by atoms with Gasteiger partial charge >= 0.3 is 0 Å². The van der Waals surface area contributed by atoms with Crippen molar-refractivity contribution >= 4 is 23.1 Å². The molecule has 1 aliphatic carbocycles. The van der Waals surface area contributed by atoms with Gasteiger partial charge in [-0.25, -0.2) is 4.98 Å². The second-order valence-corrected chi connectivity index (χ2v) is 7.41. The Bertz CT molecular complexity index is 504. The van der Waals surface area contributed by atoms with E-state index in [2.05, 4.69) is 20.5 Å². The summed E-state index contributed by atoms with van der Waals surface area (Å²) in [7, 11) is 1.84. The monoisotopic (exact) mass is 322 g/mol. The number of piperidine rings is 1. The van der Waals surface area contributed by atoms with Gasteiger partial charge in [0.2, 0.25) is 0 Å². The summed E-state index contributed by atoms with van der Waals surface area (Å²) in [5.74, 6) is 0.770. The van der Waals surface area contributed by atoms with Gasteiger partial charge in [-0.05, 0) is 38.8 Å². The van der Waals surface area contributed by atoms with Gasteiger partial charge in [-0.15, -0.1) is 11.3 Å². The maximum Gasteiger partial charge on any atom is 0.265 e. The van der Waals surface area contributed by atoms with Crippen LogP contribution < -0.4 is 10.6 Å². The van der Waals surface area contributed by atoms with Crippen LogP contribution >= 0.6 is 11.3 Å². The van der Waals surface area contributed by atoms with E-state index in [-0.39, 0.29) is 5.91 Å². The highest BCUT2D eigenvalue weighted by Gasteiger charge is 2.23. The van der Waals surface area contributed by atoms with Crippen molar-refractivity contribution in [1.82, 2.24) is 15.2 Å². The second kappa shape index (κ2) is 7.42. The summed E-state index contributed by atoms with van der Waals surface area (Å²) in [5.41, 5.74) is 0. The third-order valence-corrected chi connectivity index (χ3v) is 5.65. The zero-order chi connectivity index (χ0) is 15.4. The summed E-state index contributed by atoms with van der Waals surface area (Å²) in [6, 6.07) is 0.352. The average Bonchev–Trinajstić information content (AvgIpc) is 3.17. The number of carbonyl (C=O) groups excluding carboxylic acids is 1. The molecule has 22 heavy (non-hydrogen) atoms. The molecule has 0 radical (unpaired) electrons. The molecule has 3 rings (SSSR count). The smallest absolute Gasteiger partial charge is 0.265 e. The standard InChI is InChI=1S/C16H26N4OS/c1-17-15-14(16(21)18-12-7-3-4-8-12)22-13(19-15)11-20-9-5-2-6-10-20/h12,17H,2-11H2,1H3,(H,18,21). The zero-order valence-corrected chi connectivity index (χ0v) is 14.2. The van der Waals surface area contributed by atoms with E-state index in [1.165, 1.54) is 32.1 Å². The lowest BCUT2D eigenvalue weighted by Gasteiger charge is -2.25. The van der Waals surface area contributed by atoms with Crippen LogP contribution in [0.2, 0.25) is 0 Å². The Hall–Kier alpha value is -1.14. The molecule has 1 saturated heterocycles. The first-order valence-electron chi connectivity index (χ1n) is 8.47. The molecule has 5 nitrogen and oxygen atoms in total. The first-order chi connectivity index (χ1) is 10.8. The van der Waals surface area contributed by atoms with E-state index in [0.29, 0.717) is 6.04 Å². The number of hydrogen-bond acceptors (Lipinski definition) is 5. The van der Waals surface area contributed by atoms with Crippen LogP contribution in [0.4, 0.5) is 5.82 Å². The largest absolute Gasteiger partial charge is 0.372 e. The number of carbonyl (C=O) groups is 1. The SMILES string of the molecule is CNc1nc(CN2CCCCC2)sc1C(=O)NC1CCCC1. The van der Waals surface area contributed by atoms with Gasteiger partial charge in [-0.1, -0.05) is 19.3 Å². The molecule has 6 heteroatoms. The molecule has 1 saturated carbocycles. The normalized spacial score (nSPS) is 20.2. The lowest BCUT2D eigenvalue weighted by atomic mass is 10.1. The van der Waals surface area contributed by atoms with Crippen molar-refractivity contribution < 1.29 is 4.79 Å². The van der Waals surface area contributed by atoms with E-state index in [4.69, 9.17) is 0 Å². The van der Waals surface area contributed by atoms with Gasteiger partial charge in [0.05, 0.1) is 6.54 Å². The van der Waals surface area contributed by atoms with Gasteiger partial charge in [-0.2, -0.15) is 0 Å². The van der Waals surface area contributed by atoms with Gasteiger partial charge in [0, 0.05) is 13.1 Å². The second-order valence-electron chi connectivity index (χ2n) is 6.33. The molecule has 0 spiro atoms. The third-order valence-electron chi connectivity index (χ3n) is 4.61. The van der Waals surface area contributed by atoms with Crippen LogP contribution in [0.1, 0.15) is 59.6 Å². The van der Waals surface area contributed by atoms with E-state index in [1.807, 2.05) is 7.05 Å². The maximum atomic E-state index is 12.5. The van der Waals surface area contributed by atoms with Crippen LogP contribution in [0, 0.1) is 0 Å². The molecular formula is C16H26N4OS. The van der Waals surface area contributed by atoms with Crippen molar-refractivity contribution in [2.45, 2.75) is 57.5 Å². The molecule has 2 fully saturated rings. The number of thiazole rings is 1. The quantitative estimate of drug-likeness (QED) is 0.875. The van der Waals surface area contributed by atoms with Crippen LogP contribution in [-0.4, -0.2) is 42.0 Å². The van der Waals surface area contributed by atoms with Gasteiger partial charge in [0.15, 0.2) is 0 Å². The molecule has 1 amide bonds. The maximum absolute atomic E-state index is 12.5. The van der Waals surface area contributed by atoms with Crippen molar-refractivity contribution in [2.24, 2.45) is 0 Å². The van der Waals surface area contributed by atoms with Crippen LogP contribution in [-0.2, 0) is 6.54 Å². The summed E-state index contributed by atoms with van der Waals surface area (Å²) in [6.45, 7) is 3.17. The number of aromatic nitrogens is 1. The number of nitrogens with one attached hydrogen (secondary N) is 2. The van der Waals surface area contributed by atoms with Crippen molar-refractivity contribution in [3.63, 3.8) is 0 Å². The first kappa shape index (κ1) is 15.7. The highest BCUT2D eigenvalue weighted by molar-refractivity contribution is 7.14. The average molecular weight is 322 g/mol. The zero-order valence-electron chi connectivity index (χ0n) is 13.4. The number of rotatable bonds is 5. The molecule has 1 aliphatic heterocycles. The predicted molar refractivity (Wildman–Crippen MR) is 90.5 cm³/mol. The number of amides is 1. The molecule has 0 bridgehead atoms. The predicted octanol–water partition coefficient (Wildman–Crippen LogP) is 2.84. The van der Waals surface area contributed by atoms with E-state index in [9.17, 15) is 4.79 Å². The first-order valence-corrected chi connectivity index (χ1v) is 9.28. The van der Waals surface area contributed by atoms with Gasteiger partial charge in [0.1, 0.15) is 15.7 Å². The lowest BCUT2D eigenvalue weighted by Crippen LogP contribution is -2.32. The Labute approximate surface area is 136 Å². The summed E-state index contributed by atoms with van der Waals surface area (Å²) in [6.07, 6.45) is 8.57. The minimum Gasteiger partial charge on any atom is -0.372 e. The Morgan fingerprint density at radius 2 is 1.95 bits per heavy atom. The van der Waals surface area contributed by atoms with Crippen molar-refractivity contribution in [3.8, 4) is 0 Å². The van der Waals surface area contributed by atoms with Crippen molar-refractivity contribution in [2.75, 3.05) is 25.5 Å². The molecule has 0 unspecified atom stereocenters. The number of likely N-dealkylation sites (tertiary alicyclic amines) is 1. The van der Waals surface area contributed by atoms with Crippen molar-refractivity contribution in [1.29, 1.82) is 0 Å². The molecule has 0 aromatic carbocycles. The topological polar surface area (TPSA) is 57.3 Å². The van der Waals surface area contributed by atoms with Crippen LogP contribution in [0.25, 0.3) is 0 Å². The summed E-state index contributed by atoms with van der Waals surface area (Å²) in [4.78, 5) is 20.3. The fourth-order valence-electron chi connectivity index (χ4n) is 3.39. The van der Waals surface area contributed by atoms with Crippen LogP contribution in [0.15, 0.2) is 0 Å². The molecule has 2 N–H and O–H groups in total. The molecule has 1 aromatic heterocycles. The summed E-state index contributed by atoms with van der Waals surface area (Å²) >= 11 is 1.54. The minimum atomic E-state index is 0.0404. The fourth-order valence-corrected chi connectivity index (χ4v) is 4.40. The minimum absolute atomic E-state index is 0.0404. The van der Waals surface area contributed by atoms with Gasteiger partial charge < -0.3 is 10.6 Å². The van der Waals surface area contributed by atoms with E-state index < -0.39 is 0 Å². The molecule has 0 atom stereocenters. The van der Waals surface area contributed by atoms with Crippen LogP contribution in [0.3, 0.4) is 0 Å². The highest BCUT2D eigenvalue weighted by Crippen LogP contribution is 2.26. The van der Waals surface area contributed by atoms with E-state index in [0.717, 1.165) is 48.2 Å². The van der Waals surface area contributed by atoms with Gasteiger partial charge in [-0.3, -0.25) is 9.69 Å². The van der Waals surface area contributed by atoms with Crippen molar-refractivity contribution in [3.05, 3.63) is 9.88 Å². The third kappa shape index (κ3) is 3.79. The number of hydrogen-bond donors (Lipinski definition) is 2. The molecule has 122 valence electrons. The Kier molecular flexibility index (Phi) is 5.31. The molecule has 1 aromatic rings. The number of nitrogens with zero attached hydrogens (tertiary/aromatic N) is 2. The lowest BCUT2D eigenvalue weighted by molar-refractivity contribution is 0.0942. The Balaban J connectivity index is 1.65. The summed E-state index contributed by atoms with van der Waals surface area (Å²) in [5, 5.41) is 7.29. The fraction of sp³-hybridized carbons (Fsp3) is 0.750. The summed E-state index contributed by atoms with van der Waals surface area (Å²) < 4.78 is 0. The van der Waals surface area contributed by atoms with E-state index in [1.54, 1.807) is 11.3 Å². The molecular weight excluding hydrogens is 296 g/mol. The van der Waals surface area contributed by atoms with Crippen LogP contribution in [0.5, 0.6) is 0 Å². The molecule has 2 heterocycles. The van der Waals surface area contributed by atoms with E-state index >= 15 is 0 Å². The Morgan fingerprint density at radius 3 is 2.64 bits per heavy atom. The number of anilines is 1. The highest BCUT2D eigenvalue weighted by atomic mass is 32.1. The molecule has 2 aliphatic rings.